The van der Waals surface area contributed by atoms with E-state index in [4.69, 9.17) is 0 Å². The van der Waals surface area contributed by atoms with E-state index in [0.29, 0.717) is 0 Å². The summed E-state index contributed by atoms with van der Waals surface area (Å²) < 4.78 is 0. The molecule has 2 bridgehead atoms. The molecule has 0 atom stereocenters. The number of benzene rings is 2. The minimum atomic E-state index is 0.984. The zero-order valence-electron chi connectivity index (χ0n) is 11.8. The molecule has 100 valence electrons. The molecule has 0 nitrogen and oxygen atoms in total. The van der Waals surface area contributed by atoms with Gasteiger partial charge in [-0.25, -0.2) is 0 Å². The zero-order chi connectivity index (χ0) is 14.1. The summed E-state index contributed by atoms with van der Waals surface area (Å²) in [6.07, 6.45) is 0.984. The van der Waals surface area contributed by atoms with Crippen molar-refractivity contribution in [1.82, 2.24) is 0 Å². The van der Waals surface area contributed by atoms with Crippen molar-refractivity contribution in [2.45, 2.75) is 6.42 Å². The predicted octanol–water partition coefficient (Wildman–Crippen LogP) is 5.54. The van der Waals surface area contributed by atoms with Crippen molar-refractivity contribution in [3.63, 3.8) is 0 Å². The van der Waals surface area contributed by atoms with Crippen LogP contribution in [-0.2, 0) is 6.42 Å². The Hall–Kier alpha value is -2.60. The Labute approximate surface area is 125 Å². The highest BCUT2D eigenvalue weighted by molar-refractivity contribution is 5.98. The summed E-state index contributed by atoms with van der Waals surface area (Å²) in [5.74, 6) is 0. The molecule has 4 rings (SSSR count). The van der Waals surface area contributed by atoms with Gasteiger partial charge in [0.25, 0.3) is 0 Å². The average molecular weight is 268 g/mol. The van der Waals surface area contributed by atoms with E-state index in [2.05, 4.69) is 84.9 Å². The third-order valence-electron chi connectivity index (χ3n) is 4.09. The SMILES string of the molecule is c1cccc2ccc(cc1)Cc1ccc3ccccc3c1-2. The van der Waals surface area contributed by atoms with Gasteiger partial charge in [-0.3, -0.25) is 0 Å². The van der Waals surface area contributed by atoms with Gasteiger partial charge in [0.15, 0.2) is 0 Å². The van der Waals surface area contributed by atoms with E-state index in [0.717, 1.165) is 6.42 Å². The molecule has 0 aromatic heterocycles. The van der Waals surface area contributed by atoms with Gasteiger partial charge in [0.1, 0.15) is 0 Å². The quantitative estimate of drug-likeness (QED) is 0.393. The van der Waals surface area contributed by atoms with Gasteiger partial charge in [0.05, 0.1) is 0 Å². The lowest BCUT2D eigenvalue weighted by Crippen LogP contribution is -1.90. The van der Waals surface area contributed by atoms with Crippen molar-refractivity contribution >= 4 is 10.8 Å². The van der Waals surface area contributed by atoms with Crippen LogP contribution in [0.15, 0.2) is 84.9 Å². The second-order valence-corrected chi connectivity index (χ2v) is 5.46. The molecule has 0 heterocycles. The zero-order valence-corrected chi connectivity index (χ0v) is 11.8. The van der Waals surface area contributed by atoms with Crippen molar-refractivity contribution in [1.29, 1.82) is 0 Å². The molecule has 0 heteroatoms. The maximum Gasteiger partial charge on any atom is -0.00194 e. The summed E-state index contributed by atoms with van der Waals surface area (Å²) in [4.78, 5) is 0. The smallest absolute Gasteiger partial charge is 0.00194 e. The first-order chi connectivity index (χ1) is 10.4. The van der Waals surface area contributed by atoms with Gasteiger partial charge in [-0.15, -0.1) is 0 Å². The molecule has 0 amide bonds. The van der Waals surface area contributed by atoms with Crippen LogP contribution >= 0.6 is 0 Å². The molecule has 0 spiro atoms. The fraction of sp³-hybridized carbons (Fsp3) is 0.0476. The van der Waals surface area contributed by atoms with Crippen LogP contribution < -0.4 is 0 Å². The first-order valence-corrected chi connectivity index (χ1v) is 7.35. The molecule has 1 aliphatic carbocycles. The standard InChI is InChI=1S/C21H16/c1-2-4-9-18-12-11-16(7-3-1)15-19-14-13-17-8-5-6-10-20(17)21(18)19/h1-14H,15H2. The maximum absolute atomic E-state index is 2.28. The molecule has 0 saturated heterocycles. The minimum Gasteiger partial charge on any atom is -0.0623 e. The molecule has 0 fully saturated rings. The monoisotopic (exact) mass is 268 g/mol. The molecule has 0 N–H and O–H groups in total. The van der Waals surface area contributed by atoms with E-state index in [-0.39, 0.29) is 0 Å². The van der Waals surface area contributed by atoms with Crippen molar-refractivity contribution in [3.05, 3.63) is 96.1 Å². The second-order valence-electron chi connectivity index (χ2n) is 5.46. The van der Waals surface area contributed by atoms with Gasteiger partial charge in [-0.05, 0) is 39.4 Å². The normalized spacial score (nSPS) is 11.6. The molecular weight excluding hydrogens is 252 g/mol. The Morgan fingerprint density at radius 2 is 1.38 bits per heavy atom. The van der Waals surface area contributed by atoms with Crippen LogP contribution in [-0.4, -0.2) is 0 Å². The largest absolute Gasteiger partial charge is 0.0623 e. The highest BCUT2D eigenvalue weighted by Gasteiger charge is 2.11. The summed E-state index contributed by atoms with van der Waals surface area (Å²) in [5.41, 5.74) is 5.41. The highest BCUT2D eigenvalue weighted by atomic mass is 14.2. The summed E-state index contributed by atoms with van der Waals surface area (Å²) >= 11 is 0. The average Bonchev–Trinajstić information content (AvgIpc) is 2.73. The van der Waals surface area contributed by atoms with Crippen molar-refractivity contribution in [2.24, 2.45) is 0 Å². The molecule has 0 unspecified atom stereocenters. The third kappa shape index (κ3) is 2.19. The van der Waals surface area contributed by atoms with Crippen LogP contribution in [0.3, 0.4) is 0 Å². The van der Waals surface area contributed by atoms with Gasteiger partial charge < -0.3 is 0 Å². The molecule has 3 aromatic rings. The summed E-state index contributed by atoms with van der Waals surface area (Å²) in [5, 5.41) is 2.65. The van der Waals surface area contributed by atoms with E-state index in [1.165, 1.54) is 33.0 Å². The van der Waals surface area contributed by atoms with Gasteiger partial charge in [0.2, 0.25) is 0 Å². The van der Waals surface area contributed by atoms with Crippen LogP contribution in [0, 0.1) is 0 Å². The van der Waals surface area contributed by atoms with Crippen molar-refractivity contribution < 1.29 is 0 Å². The van der Waals surface area contributed by atoms with E-state index < -0.39 is 0 Å². The first kappa shape index (κ1) is 12.2. The lowest BCUT2D eigenvalue weighted by molar-refractivity contribution is 1.22. The van der Waals surface area contributed by atoms with E-state index in [1.807, 2.05) is 0 Å². The molecule has 0 saturated carbocycles. The Bertz CT molecular complexity index is 873. The minimum absolute atomic E-state index is 0.984. The number of hydrogen-bond donors (Lipinski definition) is 0. The summed E-state index contributed by atoms with van der Waals surface area (Å²) in [6, 6.07) is 30.5. The third-order valence-corrected chi connectivity index (χ3v) is 4.09. The molecule has 21 heavy (non-hydrogen) atoms. The highest BCUT2D eigenvalue weighted by Crippen LogP contribution is 2.34. The van der Waals surface area contributed by atoms with Crippen LogP contribution in [0.4, 0.5) is 0 Å². The number of hydrogen-bond acceptors (Lipinski definition) is 0. The van der Waals surface area contributed by atoms with Crippen LogP contribution in [0.25, 0.3) is 21.9 Å². The molecule has 1 aliphatic rings. The molecule has 0 aliphatic heterocycles. The Balaban J connectivity index is 2.14. The molecule has 0 radical (unpaired) electrons. The number of fused-ring (bicyclic) bond motifs is 7. The Morgan fingerprint density at radius 3 is 2.33 bits per heavy atom. The van der Waals surface area contributed by atoms with E-state index >= 15 is 0 Å². The lowest BCUT2D eigenvalue weighted by atomic mass is 9.93. The first-order valence-electron chi connectivity index (χ1n) is 7.35. The van der Waals surface area contributed by atoms with E-state index in [1.54, 1.807) is 0 Å². The van der Waals surface area contributed by atoms with Gasteiger partial charge >= 0.3 is 0 Å². The second kappa shape index (κ2) is 5.06. The van der Waals surface area contributed by atoms with Gasteiger partial charge in [-0.2, -0.15) is 0 Å². The van der Waals surface area contributed by atoms with Gasteiger partial charge in [-0.1, -0.05) is 84.9 Å². The Kier molecular flexibility index (Phi) is 2.93. The Morgan fingerprint density at radius 1 is 0.571 bits per heavy atom. The summed E-state index contributed by atoms with van der Waals surface area (Å²) in [7, 11) is 0. The summed E-state index contributed by atoms with van der Waals surface area (Å²) in [6.45, 7) is 0. The molecule has 3 aromatic carbocycles. The number of rotatable bonds is 0. The predicted molar refractivity (Wildman–Crippen MR) is 89.8 cm³/mol. The van der Waals surface area contributed by atoms with Crippen molar-refractivity contribution in [3.8, 4) is 11.1 Å². The van der Waals surface area contributed by atoms with E-state index in [9.17, 15) is 0 Å². The fourth-order valence-corrected chi connectivity index (χ4v) is 3.08. The molecular formula is C21H16. The van der Waals surface area contributed by atoms with Gasteiger partial charge in [0, 0.05) is 0 Å². The van der Waals surface area contributed by atoms with Crippen molar-refractivity contribution in [2.75, 3.05) is 0 Å². The van der Waals surface area contributed by atoms with Crippen LogP contribution in [0.5, 0.6) is 0 Å². The van der Waals surface area contributed by atoms with Crippen LogP contribution in [0.1, 0.15) is 11.1 Å². The topological polar surface area (TPSA) is 0 Å². The fourth-order valence-electron chi connectivity index (χ4n) is 3.08. The maximum atomic E-state index is 2.28. The van der Waals surface area contributed by atoms with Crippen LogP contribution in [0.2, 0.25) is 0 Å². The lowest BCUT2D eigenvalue weighted by Gasteiger charge is -2.11.